The van der Waals surface area contributed by atoms with Gasteiger partial charge in [-0.3, -0.25) is 14.6 Å². The number of pyridine rings is 2. The fourth-order valence-corrected chi connectivity index (χ4v) is 3.79. The Bertz CT molecular complexity index is 975. The number of likely N-dealkylation sites (tertiary alicyclic amines) is 1. The summed E-state index contributed by atoms with van der Waals surface area (Å²) >= 11 is 0. The summed E-state index contributed by atoms with van der Waals surface area (Å²) in [5.41, 5.74) is 2.30. The van der Waals surface area contributed by atoms with Crippen LogP contribution in [-0.2, 0) is 4.79 Å². The molecule has 7 nitrogen and oxygen atoms in total. The first-order chi connectivity index (χ1) is 15.0. The molecule has 1 amide bonds. The molecule has 1 saturated heterocycles. The van der Waals surface area contributed by atoms with Crippen LogP contribution in [0.2, 0.25) is 0 Å². The van der Waals surface area contributed by atoms with Gasteiger partial charge in [0.1, 0.15) is 5.69 Å². The maximum absolute atomic E-state index is 12.7. The van der Waals surface area contributed by atoms with E-state index in [0.29, 0.717) is 37.3 Å². The van der Waals surface area contributed by atoms with Gasteiger partial charge in [0, 0.05) is 56.3 Å². The second-order valence-corrected chi connectivity index (χ2v) is 8.78. The van der Waals surface area contributed by atoms with Crippen molar-refractivity contribution in [2.75, 3.05) is 31.1 Å². The number of amides is 1. The quantitative estimate of drug-likeness (QED) is 0.608. The number of aromatic nitrogens is 2. The molecule has 0 unspecified atom stereocenters. The van der Waals surface area contributed by atoms with Crippen LogP contribution < -0.4 is 15.8 Å². The van der Waals surface area contributed by atoms with Gasteiger partial charge >= 0.3 is 0 Å². The van der Waals surface area contributed by atoms with Crippen LogP contribution in [0.4, 0.5) is 5.69 Å². The minimum absolute atomic E-state index is 0.0318. The Hall–Kier alpha value is -2.93. The second-order valence-electron chi connectivity index (χ2n) is 8.78. The molecule has 0 spiro atoms. The summed E-state index contributed by atoms with van der Waals surface area (Å²) in [6, 6.07) is 8.24. The Balaban J connectivity index is 1.46. The van der Waals surface area contributed by atoms with Crippen LogP contribution >= 0.6 is 0 Å². The third-order valence-electron chi connectivity index (χ3n) is 5.82. The highest BCUT2D eigenvalue weighted by molar-refractivity contribution is 5.88. The number of hydrogen-bond donors (Lipinski definition) is 2. The molecular formula is C24H31N5O2. The molecule has 1 aliphatic carbocycles. The van der Waals surface area contributed by atoms with E-state index in [0.717, 1.165) is 17.8 Å². The van der Waals surface area contributed by atoms with Crippen LogP contribution in [0.5, 0.6) is 0 Å². The van der Waals surface area contributed by atoms with Gasteiger partial charge in [0.05, 0.1) is 11.7 Å². The summed E-state index contributed by atoms with van der Waals surface area (Å²) in [6.07, 6.45) is 9.40. The lowest BCUT2D eigenvalue weighted by Crippen LogP contribution is -2.62. The van der Waals surface area contributed by atoms with Crippen molar-refractivity contribution in [3.05, 3.63) is 59.2 Å². The van der Waals surface area contributed by atoms with E-state index < -0.39 is 0 Å². The van der Waals surface area contributed by atoms with E-state index in [9.17, 15) is 9.59 Å². The zero-order valence-electron chi connectivity index (χ0n) is 18.3. The molecule has 0 radical (unpaired) electrons. The van der Waals surface area contributed by atoms with Crippen molar-refractivity contribution >= 4 is 11.6 Å². The van der Waals surface area contributed by atoms with Crippen LogP contribution in [-0.4, -0.2) is 59.0 Å². The van der Waals surface area contributed by atoms with Crippen LogP contribution in [0.25, 0.3) is 11.3 Å². The van der Waals surface area contributed by atoms with Crippen molar-refractivity contribution in [3.8, 4) is 11.3 Å². The summed E-state index contributed by atoms with van der Waals surface area (Å²) in [7, 11) is 0. The maximum Gasteiger partial charge on any atom is 0.271 e. The van der Waals surface area contributed by atoms with E-state index in [1.807, 2.05) is 35.2 Å². The second kappa shape index (κ2) is 9.47. The fraction of sp³-hybridized carbons (Fsp3) is 0.458. The summed E-state index contributed by atoms with van der Waals surface area (Å²) in [5.74, 6) is 0.661. The van der Waals surface area contributed by atoms with Gasteiger partial charge in [-0.15, -0.1) is 0 Å². The number of nitrogens with one attached hydrogen (secondary N) is 2. The molecule has 2 N–H and O–H groups in total. The van der Waals surface area contributed by atoms with Gasteiger partial charge in [-0.25, -0.2) is 0 Å². The lowest BCUT2D eigenvalue weighted by molar-refractivity contribution is -0.130. The maximum atomic E-state index is 12.7. The topological polar surface area (TPSA) is 81.3 Å². The largest absolute Gasteiger partial charge is 0.360 e. The molecule has 0 atom stereocenters. The number of H-pyrrole nitrogens is 1. The molecular weight excluding hydrogens is 390 g/mol. The molecule has 1 saturated carbocycles. The number of nitrogens with zero attached hydrogens (tertiary/aromatic N) is 3. The molecule has 0 aromatic carbocycles. The number of carbonyl (C=O) groups is 1. The highest BCUT2D eigenvalue weighted by atomic mass is 16.2. The van der Waals surface area contributed by atoms with Crippen molar-refractivity contribution < 1.29 is 4.79 Å². The predicted molar refractivity (Wildman–Crippen MR) is 123 cm³/mol. The monoisotopic (exact) mass is 421 g/mol. The fourth-order valence-electron chi connectivity index (χ4n) is 3.79. The van der Waals surface area contributed by atoms with Crippen LogP contribution in [0, 0.1) is 5.92 Å². The van der Waals surface area contributed by atoms with E-state index in [4.69, 9.17) is 0 Å². The minimum Gasteiger partial charge on any atom is -0.360 e. The van der Waals surface area contributed by atoms with Gasteiger partial charge in [-0.05, 0) is 37.0 Å². The Kier molecular flexibility index (Phi) is 6.51. The van der Waals surface area contributed by atoms with Gasteiger partial charge in [-0.2, -0.15) is 0 Å². The van der Waals surface area contributed by atoms with Crippen LogP contribution in [0.3, 0.4) is 0 Å². The van der Waals surface area contributed by atoms with E-state index in [1.54, 1.807) is 18.5 Å². The molecule has 2 aromatic rings. The molecule has 7 heteroatoms. The summed E-state index contributed by atoms with van der Waals surface area (Å²) < 4.78 is 0. The average Bonchev–Trinajstić information content (AvgIpc) is 3.54. The zero-order chi connectivity index (χ0) is 21.8. The number of aromatic amines is 1. The van der Waals surface area contributed by atoms with E-state index >= 15 is 0 Å². The first kappa shape index (κ1) is 21.3. The molecule has 2 aliphatic rings. The Morgan fingerprint density at radius 2 is 2.16 bits per heavy atom. The summed E-state index contributed by atoms with van der Waals surface area (Å²) in [4.78, 5) is 36.5. The molecule has 164 valence electrons. The van der Waals surface area contributed by atoms with Crippen LogP contribution in [0.1, 0.15) is 26.7 Å². The van der Waals surface area contributed by atoms with Crippen molar-refractivity contribution in [2.24, 2.45) is 5.92 Å². The molecule has 3 heterocycles. The SMILES string of the molecule is CC(C)NCC=CC(=O)N1CC(N(CC2CC2)c2cc(-c3ccccn3)c[nH]c2=O)C1. The Morgan fingerprint density at radius 3 is 2.84 bits per heavy atom. The standard InChI is InChI=1S/C24H31N5O2/c1-17(2)25-11-5-7-23(30)28-15-20(16-28)29(14-18-8-9-18)22-12-19(13-27-24(22)31)21-6-3-4-10-26-21/h3-7,10,12-13,17-18,20,25H,8-9,11,14-16H2,1-2H3,(H,27,31). The first-order valence-electron chi connectivity index (χ1n) is 11.1. The van der Waals surface area contributed by atoms with Gasteiger partial charge in [0.15, 0.2) is 0 Å². The molecule has 31 heavy (non-hydrogen) atoms. The lowest BCUT2D eigenvalue weighted by atomic mass is 10.0. The minimum atomic E-state index is -0.0928. The van der Waals surface area contributed by atoms with Gasteiger partial charge in [-0.1, -0.05) is 26.0 Å². The third kappa shape index (κ3) is 5.41. The average molecular weight is 422 g/mol. The number of rotatable bonds is 9. The smallest absolute Gasteiger partial charge is 0.271 e. The number of carbonyl (C=O) groups excluding carboxylic acids is 1. The molecule has 1 aliphatic heterocycles. The molecule has 2 fully saturated rings. The normalized spacial score (nSPS) is 16.7. The number of hydrogen-bond acceptors (Lipinski definition) is 5. The summed E-state index contributed by atoms with van der Waals surface area (Å²) in [6.45, 7) is 6.98. The molecule has 2 aromatic heterocycles. The van der Waals surface area contributed by atoms with Gasteiger partial charge in [0.2, 0.25) is 5.91 Å². The Morgan fingerprint density at radius 1 is 1.35 bits per heavy atom. The predicted octanol–water partition coefficient (Wildman–Crippen LogP) is 2.42. The highest BCUT2D eigenvalue weighted by Crippen LogP contribution is 2.33. The van der Waals surface area contributed by atoms with Crippen molar-refractivity contribution in [1.29, 1.82) is 0 Å². The van der Waals surface area contributed by atoms with Gasteiger partial charge in [0.25, 0.3) is 5.56 Å². The van der Waals surface area contributed by atoms with Gasteiger partial charge < -0.3 is 20.1 Å². The third-order valence-corrected chi connectivity index (χ3v) is 5.82. The highest BCUT2D eigenvalue weighted by Gasteiger charge is 2.37. The zero-order valence-corrected chi connectivity index (χ0v) is 18.3. The van der Waals surface area contributed by atoms with E-state index in [-0.39, 0.29) is 17.5 Å². The molecule has 0 bridgehead atoms. The number of anilines is 1. The van der Waals surface area contributed by atoms with Crippen molar-refractivity contribution in [1.82, 2.24) is 20.2 Å². The summed E-state index contributed by atoms with van der Waals surface area (Å²) in [5, 5.41) is 3.27. The van der Waals surface area contributed by atoms with E-state index in [2.05, 4.69) is 34.0 Å². The first-order valence-corrected chi connectivity index (χ1v) is 11.1. The molecule has 4 rings (SSSR count). The van der Waals surface area contributed by atoms with Crippen LogP contribution in [0.15, 0.2) is 53.6 Å². The Labute approximate surface area is 183 Å². The van der Waals surface area contributed by atoms with E-state index in [1.165, 1.54) is 12.8 Å². The lowest BCUT2D eigenvalue weighted by Gasteiger charge is -2.46. The van der Waals surface area contributed by atoms with Crippen molar-refractivity contribution in [2.45, 2.75) is 38.8 Å². The van der Waals surface area contributed by atoms with Crippen molar-refractivity contribution in [3.63, 3.8) is 0 Å².